The molecule has 1 amide bonds. The number of anilines is 1. The van der Waals surface area contributed by atoms with E-state index in [0.717, 1.165) is 6.07 Å². The van der Waals surface area contributed by atoms with E-state index in [1.54, 1.807) is 6.92 Å². The maximum absolute atomic E-state index is 13.6. The third-order valence-corrected chi connectivity index (χ3v) is 2.43. The summed E-state index contributed by atoms with van der Waals surface area (Å²) >= 11 is 0. The number of amides is 1. The van der Waals surface area contributed by atoms with Crippen molar-refractivity contribution in [2.45, 2.75) is 20.3 Å². The highest BCUT2D eigenvalue weighted by molar-refractivity contribution is 5.99. The first kappa shape index (κ1) is 14.9. The van der Waals surface area contributed by atoms with Gasteiger partial charge in [-0.25, -0.2) is 4.39 Å². The summed E-state index contributed by atoms with van der Waals surface area (Å²) in [5, 5.41) is 16.1. The van der Waals surface area contributed by atoms with Crippen LogP contribution in [0.1, 0.15) is 30.6 Å². The first-order valence-corrected chi connectivity index (χ1v) is 6.01. The van der Waals surface area contributed by atoms with Crippen molar-refractivity contribution in [1.82, 2.24) is 5.32 Å². The Hall–Kier alpha value is -2.18. The maximum Gasteiger partial charge on any atom is 0.285 e. The van der Waals surface area contributed by atoms with Crippen LogP contribution in [0, 0.1) is 15.9 Å². The average Bonchev–Trinajstić information content (AvgIpc) is 2.37. The molecule has 0 radical (unpaired) electrons. The number of hydrogen-bond donors (Lipinski definition) is 2. The molecule has 7 heteroatoms. The fourth-order valence-electron chi connectivity index (χ4n) is 1.56. The normalized spacial score (nSPS) is 10.1. The van der Waals surface area contributed by atoms with Crippen molar-refractivity contribution in [2.75, 3.05) is 18.4 Å². The highest BCUT2D eigenvalue weighted by atomic mass is 19.1. The predicted octanol–water partition coefficient (Wildman–Crippen LogP) is 2.31. The van der Waals surface area contributed by atoms with Gasteiger partial charge < -0.3 is 10.6 Å². The second-order valence-corrected chi connectivity index (χ2v) is 3.89. The van der Waals surface area contributed by atoms with E-state index in [2.05, 4.69) is 10.6 Å². The molecule has 0 saturated carbocycles. The van der Waals surface area contributed by atoms with E-state index < -0.39 is 22.3 Å². The smallest absolute Gasteiger partial charge is 0.285 e. The summed E-state index contributed by atoms with van der Waals surface area (Å²) in [6.45, 7) is 4.48. The second kappa shape index (κ2) is 6.67. The fraction of sp³-hybridized carbons (Fsp3) is 0.417. The number of nitro groups is 1. The van der Waals surface area contributed by atoms with Gasteiger partial charge in [-0.05, 0) is 19.4 Å². The molecule has 104 valence electrons. The molecule has 19 heavy (non-hydrogen) atoms. The lowest BCUT2D eigenvalue weighted by Gasteiger charge is -2.09. The number of carbonyl (C=O) groups excluding carboxylic acids is 1. The molecule has 0 aromatic heterocycles. The maximum atomic E-state index is 13.6. The minimum absolute atomic E-state index is 0.0785. The van der Waals surface area contributed by atoms with Gasteiger partial charge in [0, 0.05) is 13.1 Å². The van der Waals surface area contributed by atoms with E-state index in [9.17, 15) is 19.3 Å². The zero-order valence-corrected chi connectivity index (χ0v) is 10.8. The van der Waals surface area contributed by atoms with Gasteiger partial charge in [0.1, 0.15) is 5.56 Å². The Labute approximate surface area is 110 Å². The minimum atomic E-state index is -0.764. The Morgan fingerprint density at radius 3 is 2.63 bits per heavy atom. The van der Waals surface area contributed by atoms with Crippen LogP contribution < -0.4 is 10.6 Å². The van der Waals surface area contributed by atoms with Crippen LogP contribution in [0.15, 0.2) is 12.1 Å². The van der Waals surface area contributed by atoms with Crippen LogP contribution in [-0.2, 0) is 0 Å². The molecule has 0 aliphatic carbocycles. The number of nitro benzene ring substituents is 1. The van der Waals surface area contributed by atoms with Crippen LogP contribution in [0.3, 0.4) is 0 Å². The lowest BCUT2D eigenvalue weighted by atomic mass is 10.1. The van der Waals surface area contributed by atoms with Gasteiger partial charge in [0.2, 0.25) is 0 Å². The Balaban J connectivity index is 3.20. The molecule has 6 nitrogen and oxygen atoms in total. The Morgan fingerprint density at radius 2 is 2.11 bits per heavy atom. The number of rotatable bonds is 6. The molecule has 0 aliphatic rings. The van der Waals surface area contributed by atoms with E-state index in [4.69, 9.17) is 0 Å². The molecule has 0 unspecified atom stereocenters. The van der Waals surface area contributed by atoms with Gasteiger partial charge in [-0.3, -0.25) is 14.9 Å². The SMILES string of the molecule is CCCNC(=O)c1cc(NCC)c(F)cc1[N+](=O)[O-]. The topological polar surface area (TPSA) is 84.3 Å². The molecule has 1 aromatic rings. The molecule has 0 spiro atoms. The number of hydrogen-bond acceptors (Lipinski definition) is 4. The summed E-state index contributed by atoms with van der Waals surface area (Å²) in [5.41, 5.74) is -0.599. The summed E-state index contributed by atoms with van der Waals surface area (Å²) in [6, 6.07) is 1.93. The highest BCUT2D eigenvalue weighted by Crippen LogP contribution is 2.26. The van der Waals surface area contributed by atoms with Crippen molar-refractivity contribution >= 4 is 17.3 Å². The Kier molecular flexibility index (Phi) is 5.23. The second-order valence-electron chi connectivity index (χ2n) is 3.89. The van der Waals surface area contributed by atoms with E-state index in [0.29, 0.717) is 19.5 Å². The summed E-state index contributed by atoms with van der Waals surface area (Å²) in [6.07, 6.45) is 0.709. The molecule has 1 aromatic carbocycles. The van der Waals surface area contributed by atoms with Gasteiger partial charge in [-0.2, -0.15) is 0 Å². The molecule has 0 atom stereocenters. The Morgan fingerprint density at radius 1 is 1.42 bits per heavy atom. The van der Waals surface area contributed by atoms with Gasteiger partial charge >= 0.3 is 0 Å². The van der Waals surface area contributed by atoms with E-state index in [-0.39, 0.29) is 11.3 Å². The molecule has 2 N–H and O–H groups in total. The van der Waals surface area contributed by atoms with Crippen molar-refractivity contribution in [3.8, 4) is 0 Å². The van der Waals surface area contributed by atoms with Crippen LogP contribution in [0.4, 0.5) is 15.8 Å². The van der Waals surface area contributed by atoms with Gasteiger partial charge in [-0.1, -0.05) is 6.92 Å². The zero-order chi connectivity index (χ0) is 14.4. The summed E-state index contributed by atoms with van der Waals surface area (Å²) < 4.78 is 13.6. The number of nitrogens with zero attached hydrogens (tertiary/aromatic N) is 1. The molecular formula is C12H16FN3O3. The van der Waals surface area contributed by atoms with Crippen LogP contribution in [-0.4, -0.2) is 23.9 Å². The minimum Gasteiger partial charge on any atom is -0.383 e. The van der Waals surface area contributed by atoms with Crippen molar-refractivity contribution in [3.63, 3.8) is 0 Å². The third-order valence-electron chi connectivity index (χ3n) is 2.43. The monoisotopic (exact) mass is 269 g/mol. The molecule has 0 heterocycles. The van der Waals surface area contributed by atoms with Gasteiger partial charge in [-0.15, -0.1) is 0 Å². The summed E-state index contributed by atoms with van der Waals surface area (Å²) in [5.74, 6) is -1.33. The highest BCUT2D eigenvalue weighted by Gasteiger charge is 2.23. The van der Waals surface area contributed by atoms with E-state index in [1.807, 2.05) is 6.92 Å². The molecular weight excluding hydrogens is 253 g/mol. The average molecular weight is 269 g/mol. The Bertz CT molecular complexity index is 491. The largest absolute Gasteiger partial charge is 0.383 e. The number of halogens is 1. The van der Waals surface area contributed by atoms with E-state index >= 15 is 0 Å². The first-order valence-electron chi connectivity index (χ1n) is 6.01. The predicted molar refractivity (Wildman–Crippen MR) is 69.8 cm³/mol. The van der Waals surface area contributed by atoms with E-state index in [1.165, 1.54) is 6.07 Å². The van der Waals surface area contributed by atoms with Crippen molar-refractivity contribution in [2.24, 2.45) is 0 Å². The fourth-order valence-corrected chi connectivity index (χ4v) is 1.56. The van der Waals surface area contributed by atoms with Crippen LogP contribution >= 0.6 is 0 Å². The van der Waals surface area contributed by atoms with Crippen LogP contribution in [0.2, 0.25) is 0 Å². The zero-order valence-electron chi connectivity index (χ0n) is 10.8. The molecule has 0 saturated heterocycles. The molecule has 1 rings (SSSR count). The molecule has 0 fully saturated rings. The quantitative estimate of drug-likeness (QED) is 0.613. The summed E-state index contributed by atoms with van der Waals surface area (Å²) in [4.78, 5) is 21.9. The first-order chi connectivity index (χ1) is 9.01. The van der Waals surface area contributed by atoms with Gasteiger partial charge in [0.15, 0.2) is 5.82 Å². The number of benzene rings is 1. The summed E-state index contributed by atoms with van der Waals surface area (Å²) in [7, 11) is 0. The number of nitrogens with one attached hydrogen (secondary N) is 2. The lowest BCUT2D eigenvalue weighted by Crippen LogP contribution is -2.25. The van der Waals surface area contributed by atoms with Crippen LogP contribution in [0.5, 0.6) is 0 Å². The standard InChI is InChI=1S/C12H16FN3O3/c1-3-5-15-12(17)8-6-10(14-4-2)9(13)7-11(8)16(18)19/h6-7,14H,3-5H2,1-2H3,(H,15,17). The third kappa shape index (κ3) is 3.64. The number of carbonyl (C=O) groups is 1. The van der Waals surface area contributed by atoms with Crippen molar-refractivity contribution in [1.29, 1.82) is 0 Å². The van der Waals surface area contributed by atoms with Crippen LogP contribution in [0.25, 0.3) is 0 Å². The molecule has 0 bridgehead atoms. The van der Waals surface area contributed by atoms with Crippen molar-refractivity contribution < 1.29 is 14.1 Å². The van der Waals surface area contributed by atoms with Gasteiger partial charge in [0.25, 0.3) is 11.6 Å². The van der Waals surface area contributed by atoms with Crippen molar-refractivity contribution in [3.05, 3.63) is 33.6 Å². The lowest BCUT2D eigenvalue weighted by molar-refractivity contribution is -0.385. The molecule has 0 aliphatic heterocycles. The van der Waals surface area contributed by atoms with Gasteiger partial charge in [0.05, 0.1) is 16.7 Å².